The van der Waals surface area contributed by atoms with Crippen molar-refractivity contribution in [2.75, 3.05) is 19.7 Å². The number of hydrogen-bond acceptors (Lipinski definition) is 3. The first kappa shape index (κ1) is 18.8. The number of halogens is 1. The van der Waals surface area contributed by atoms with Crippen LogP contribution >= 0.6 is 11.6 Å². The fraction of sp³-hybridized carbons (Fsp3) is 0.304. The average Bonchev–Trinajstić information content (AvgIpc) is 3.15. The summed E-state index contributed by atoms with van der Waals surface area (Å²) >= 11 is 5.91. The lowest BCUT2D eigenvalue weighted by atomic mass is 9.99. The van der Waals surface area contributed by atoms with Crippen LogP contribution in [0.3, 0.4) is 0 Å². The highest BCUT2D eigenvalue weighted by Crippen LogP contribution is 2.22. The summed E-state index contributed by atoms with van der Waals surface area (Å²) in [6.07, 6.45) is 4.02. The Balaban J connectivity index is 1.37. The first-order valence-corrected chi connectivity index (χ1v) is 10.0. The van der Waals surface area contributed by atoms with Crippen LogP contribution in [0.2, 0.25) is 5.02 Å². The van der Waals surface area contributed by atoms with Gasteiger partial charge in [-0.2, -0.15) is 0 Å². The van der Waals surface area contributed by atoms with E-state index in [0.717, 1.165) is 37.4 Å². The van der Waals surface area contributed by atoms with Crippen molar-refractivity contribution in [2.45, 2.75) is 25.8 Å². The number of ether oxygens (including phenoxy) is 1. The molecule has 2 aliphatic heterocycles. The van der Waals surface area contributed by atoms with Crippen molar-refractivity contribution in [3.8, 4) is 0 Å². The lowest BCUT2D eigenvalue weighted by molar-refractivity contribution is 0.0744. The van der Waals surface area contributed by atoms with E-state index in [1.54, 1.807) is 24.3 Å². The van der Waals surface area contributed by atoms with Crippen molar-refractivity contribution in [3.63, 3.8) is 0 Å². The Morgan fingerprint density at radius 2 is 1.79 bits per heavy atom. The molecule has 2 heterocycles. The molecule has 144 valence electrons. The summed E-state index contributed by atoms with van der Waals surface area (Å²) in [7, 11) is 0. The number of amides is 1. The molecule has 1 amide bonds. The summed E-state index contributed by atoms with van der Waals surface area (Å²) in [6, 6.07) is 15.6. The molecule has 0 bridgehead atoms. The number of nitrogens with zero attached hydrogens (tertiary/aromatic N) is 2. The Kier molecular flexibility index (Phi) is 5.49. The number of piperidine rings is 1. The van der Waals surface area contributed by atoms with Gasteiger partial charge < -0.3 is 9.64 Å². The Hall–Kier alpha value is -2.59. The van der Waals surface area contributed by atoms with E-state index in [0.29, 0.717) is 17.2 Å². The second-order valence-electron chi connectivity index (χ2n) is 7.32. The molecular formula is C23H23ClN2O2. The average molecular weight is 395 g/mol. The van der Waals surface area contributed by atoms with Gasteiger partial charge in [-0.15, -0.1) is 0 Å². The standard InChI is InChI=1S/C23H23ClN2O2/c1-16-15-28-22(25-16)19-4-2-17(3-5-19)14-18-10-12-26(13-11-18)23(27)20-6-8-21(24)9-7-20/h2-9,14,16H,10-13,15H2,1H3/t16-/m0/s1. The Morgan fingerprint density at radius 1 is 1.11 bits per heavy atom. The molecule has 28 heavy (non-hydrogen) atoms. The summed E-state index contributed by atoms with van der Waals surface area (Å²) in [4.78, 5) is 19.0. The molecule has 0 radical (unpaired) electrons. The zero-order valence-corrected chi connectivity index (χ0v) is 16.7. The van der Waals surface area contributed by atoms with Crippen LogP contribution in [0.1, 0.15) is 41.3 Å². The molecule has 1 atom stereocenters. The van der Waals surface area contributed by atoms with Gasteiger partial charge in [0, 0.05) is 29.2 Å². The molecule has 2 aromatic carbocycles. The van der Waals surface area contributed by atoms with Gasteiger partial charge in [0.15, 0.2) is 0 Å². The molecule has 4 nitrogen and oxygen atoms in total. The minimum Gasteiger partial charge on any atom is -0.475 e. The van der Waals surface area contributed by atoms with Crippen molar-refractivity contribution in [1.82, 2.24) is 4.90 Å². The van der Waals surface area contributed by atoms with Crippen LogP contribution in [0, 0.1) is 0 Å². The van der Waals surface area contributed by atoms with Gasteiger partial charge >= 0.3 is 0 Å². The van der Waals surface area contributed by atoms with E-state index in [9.17, 15) is 4.79 Å². The lowest BCUT2D eigenvalue weighted by Crippen LogP contribution is -2.36. The van der Waals surface area contributed by atoms with Crippen LogP contribution in [0.4, 0.5) is 0 Å². The number of benzene rings is 2. The quantitative estimate of drug-likeness (QED) is 0.748. The Labute approximate surface area is 170 Å². The van der Waals surface area contributed by atoms with Crippen LogP contribution in [0.15, 0.2) is 59.1 Å². The summed E-state index contributed by atoms with van der Waals surface area (Å²) in [6.45, 7) is 4.20. The van der Waals surface area contributed by atoms with E-state index in [2.05, 4.69) is 42.3 Å². The molecule has 0 aliphatic carbocycles. The molecule has 0 aromatic heterocycles. The summed E-state index contributed by atoms with van der Waals surface area (Å²) in [5.41, 5.74) is 4.26. The van der Waals surface area contributed by atoms with Crippen molar-refractivity contribution in [2.24, 2.45) is 4.99 Å². The van der Waals surface area contributed by atoms with Crippen molar-refractivity contribution in [3.05, 3.63) is 75.8 Å². The second kappa shape index (κ2) is 8.19. The molecule has 0 N–H and O–H groups in total. The maximum absolute atomic E-state index is 12.6. The van der Waals surface area contributed by atoms with Gasteiger partial charge in [-0.25, -0.2) is 4.99 Å². The molecular weight excluding hydrogens is 372 g/mol. The molecule has 5 heteroatoms. The van der Waals surface area contributed by atoms with Crippen molar-refractivity contribution in [1.29, 1.82) is 0 Å². The normalized spacial score (nSPS) is 19.2. The van der Waals surface area contributed by atoms with Gasteiger partial charge in [0.2, 0.25) is 5.90 Å². The predicted molar refractivity (Wildman–Crippen MR) is 113 cm³/mol. The van der Waals surface area contributed by atoms with E-state index in [4.69, 9.17) is 16.3 Å². The third-order valence-corrected chi connectivity index (χ3v) is 5.36. The Bertz CT molecular complexity index is 907. The molecule has 1 saturated heterocycles. The van der Waals surface area contributed by atoms with Crippen LogP contribution in [0.5, 0.6) is 0 Å². The zero-order chi connectivity index (χ0) is 19.5. The van der Waals surface area contributed by atoms with Gasteiger partial charge in [0.05, 0.1) is 6.04 Å². The summed E-state index contributed by atoms with van der Waals surface area (Å²) in [5, 5.41) is 0.646. The van der Waals surface area contributed by atoms with E-state index in [-0.39, 0.29) is 11.9 Å². The van der Waals surface area contributed by atoms with Gasteiger partial charge in [-0.3, -0.25) is 4.79 Å². The Morgan fingerprint density at radius 3 is 2.39 bits per heavy atom. The number of carbonyl (C=O) groups excluding carboxylic acids is 1. The van der Waals surface area contributed by atoms with Crippen LogP contribution in [0.25, 0.3) is 6.08 Å². The third kappa shape index (κ3) is 4.28. The smallest absolute Gasteiger partial charge is 0.253 e. The highest BCUT2D eigenvalue weighted by molar-refractivity contribution is 6.30. The minimum atomic E-state index is 0.0756. The molecule has 2 aliphatic rings. The zero-order valence-electron chi connectivity index (χ0n) is 15.9. The van der Waals surface area contributed by atoms with Crippen LogP contribution < -0.4 is 0 Å². The van der Waals surface area contributed by atoms with Crippen molar-refractivity contribution >= 4 is 29.5 Å². The van der Waals surface area contributed by atoms with E-state index >= 15 is 0 Å². The van der Waals surface area contributed by atoms with E-state index in [1.165, 1.54) is 11.1 Å². The molecule has 0 unspecified atom stereocenters. The van der Waals surface area contributed by atoms with Gasteiger partial charge in [0.1, 0.15) is 6.61 Å². The van der Waals surface area contributed by atoms with E-state index in [1.807, 2.05) is 4.90 Å². The number of likely N-dealkylation sites (tertiary alicyclic amines) is 1. The third-order valence-electron chi connectivity index (χ3n) is 5.11. The predicted octanol–water partition coefficient (Wildman–Crippen LogP) is 4.82. The van der Waals surface area contributed by atoms with Crippen LogP contribution in [-0.4, -0.2) is 42.4 Å². The number of aliphatic imine (C=N–C) groups is 1. The summed E-state index contributed by atoms with van der Waals surface area (Å²) < 4.78 is 5.61. The maximum atomic E-state index is 12.6. The van der Waals surface area contributed by atoms with Crippen LogP contribution in [-0.2, 0) is 4.74 Å². The van der Waals surface area contributed by atoms with Gasteiger partial charge in [-0.05, 0) is 61.7 Å². The monoisotopic (exact) mass is 394 g/mol. The maximum Gasteiger partial charge on any atom is 0.253 e. The lowest BCUT2D eigenvalue weighted by Gasteiger charge is -2.28. The summed E-state index contributed by atoms with van der Waals surface area (Å²) in [5.74, 6) is 0.812. The second-order valence-corrected chi connectivity index (χ2v) is 7.75. The van der Waals surface area contributed by atoms with Gasteiger partial charge in [-0.1, -0.05) is 35.4 Å². The molecule has 4 rings (SSSR count). The van der Waals surface area contributed by atoms with Crippen molar-refractivity contribution < 1.29 is 9.53 Å². The molecule has 1 fully saturated rings. The highest BCUT2D eigenvalue weighted by atomic mass is 35.5. The topological polar surface area (TPSA) is 41.9 Å². The highest BCUT2D eigenvalue weighted by Gasteiger charge is 2.20. The SMILES string of the molecule is C[C@H]1COC(c2ccc(C=C3CCN(C(=O)c4ccc(Cl)cc4)CC3)cc2)=N1. The number of rotatable bonds is 3. The minimum absolute atomic E-state index is 0.0756. The van der Waals surface area contributed by atoms with Gasteiger partial charge in [0.25, 0.3) is 5.91 Å². The molecule has 0 saturated carbocycles. The largest absolute Gasteiger partial charge is 0.475 e. The molecule has 2 aromatic rings. The molecule has 0 spiro atoms. The van der Waals surface area contributed by atoms with E-state index < -0.39 is 0 Å². The fourth-order valence-corrected chi connectivity index (χ4v) is 3.63. The number of carbonyl (C=O) groups is 1. The fourth-order valence-electron chi connectivity index (χ4n) is 3.51. The number of hydrogen-bond donors (Lipinski definition) is 0. The first-order chi connectivity index (χ1) is 13.6. The first-order valence-electron chi connectivity index (χ1n) is 9.64.